The second kappa shape index (κ2) is 11.3. The standard InChI is InChI=1S/C29H44N2O6/c1-5-7-11-16-30-17-13-15-29-22(25(33)31(24(29)26(30)34)21(19-32)20(3)4)23-27(35)36-18-12-9-8-10-14-28(23,6-2)37-29/h10,13-15,20-24,32H,5-9,11-12,16-19H2,1-4H3/b14-10-/t21-,22-,23+,24?,28-,29-/m0/s1. The van der Waals surface area contributed by atoms with Crippen molar-refractivity contribution in [1.29, 1.82) is 0 Å². The Balaban J connectivity index is 1.87. The van der Waals surface area contributed by atoms with Gasteiger partial charge < -0.3 is 24.4 Å². The van der Waals surface area contributed by atoms with Crippen LogP contribution in [-0.2, 0) is 23.9 Å². The second-order valence-corrected chi connectivity index (χ2v) is 11.3. The number of rotatable bonds is 8. The molecule has 0 aliphatic carbocycles. The van der Waals surface area contributed by atoms with Gasteiger partial charge in [-0.25, -0.2) is 0 Å². The summed E-state index contributed by atoms with van der Waals surface area (Å²) in [5.41, 5.74) is -2.36. The van der Waals surface area contributed by atoms with Crippen molar-refractivity contribution in [1.82, 2.24) is 9.80 Å². The van der Waals surface area contributed by atoms with Crippen molar-refractivity contribution in [2.75, 3.05) is 26.3 Å². The summed E-state index contributed by atoms with van der Waals surface area (Å²) in [6.45, 7) is 8.98. The SMILES string of the molecule is CCCCCN1CC=C[C@]23O[C@@]4(CC)/C=C\CCCCOC(=O)[C@H]4[C@H]2C(=O)N([C@@H](CO)C(C)C)C3C1=O. The predicted octanol–water partition coefficient (Wildman–Crippen LogP) is 3.24. The van der Waals surface area contributed by atoms with Gasteiger partial charge in [-0.05, 0) is 38.0 Å². The molecule has 0 radical (unpaired) electrons. The zero-order chi connectivity index (χ0) is 26.8. The Hall–Kier alpha value is -2.19. The molecule has 2 amide bonds. The normalized spacial score (nSPS) is 35.6. The largest absolute Gasteiger partial charge is 0.465 e. The van der Waals surface area contributed by atoms with Crippen molar-refractivity contribution in [3.63, 3.8) is 0 Å². The molecule has 206 valence electrons. The molecule has 8 heteroatoms. The van der Waals surface area contributed by atoms with Gasteiger partial charge in [0.25, 0.3) is 0 Å². The van der Waals surface area contributed by atoms with E-state index in [1.54, 1.807) is 9.80 Å². The maximum atomic E-state index is 14.4. The number of likely N-dealkylation sites (tertiary alicyclic amines) is 1. The number of aliphatic hydroxyl groups is 1. The highest BCUT2D eigenvalue weighted by molar-refractivity contribution is 5.99. The lowest BCUT2D eigenvalue weighted by molar-refractivity contribution is -0.164. The first kappa shape index (κ1) is 27.8. The number of amides is 2. The van der Waals surface area contributed by atoms with Gasteiger partial charge in [0.05, 0.1) is 25.2 Å². The van der Waals surface area contributed by atoms with E-state index in [0.29, 0.717) is 26.1 Å². The van der Waals surface area contributed by atoms with Gasteiger partial charge in [-0.3, -0.25) is 14.4 Å². The topological polar surface area (TPSA) is 96.4 Å². The molecule has 0 bridgehead atoms. The number of nitrogens with zero attached hydrogens (tertiary/aromatic N) is 2. The third-order valence-corrected chi connectivity index (χ3v) is 8.75. The quantitative estimate of drug-likeness (QED) is 0.302. The first-order valence-electron chi connectivity index (χ1n) is 14.2. The Morgan fingerprint density at radius 2 is 1.84 bits per heavy atom. The molecule has 4 aliphatic heterocycles. The van der Waals surface area contributed by atoms with E-state index in [9.17, 15) is 19.5 Å². The summed E-state index contributed by atoms with van der Waals surface area (Å²) in [6, 6.07) is -1.52. The smallest absolute Gasteiger partial charge is 0.313 e. The van der Waals surface area contributed by atoms with Gasteiger partial charge in [0.15, 0.2) is 0 Å². The lowest BCUT2D eigenvalue weighted by atomic mass is 9.73. The molecule has 0 aromatic rings. The number of carbonyl (C=O) groups is 3. The van der Waals surface area contributed by atoms with E-state index in [4.69, 9.17) is 9.47 Å². The summed E-state index contributed by atoms with van der Waals surface area (Å²) in [5.74, 6) is -2.80. The molecule has 1 N–H and O–H groups in total. The number of hydrogen-bond donors (Lipinski definition) is 1. The zero-order valence-electron chi connectivity index (χ0n) is 22.9. The fourth-order valence-corrected chi connectivity index (χ4v) is 6.76. The first-order chi connectivity index (χ1) is 17.8. The molecule has 4 rings (SSSR count). The van der Waals surface area contributed by atoms with Gasteiger partial charge in [-0.1, -0.05) is 64.8 Å². The predicted molar refractivity (Wildman–Crippen MR) is 139 cm³/mol. The average molecular weight is 517 g/mol. The first-order valence-corrected chi connectivity index (χ1v) is 14.2. The van der Waals surface area contributed by atoms with Crippen molar-refractivity contribution >= 4 is 17.8 Å². The average Bonchev–Trinajstić information content (AvgIpc) is 3.23. The molecule has 0 aromatic carbocycles. The summed E-state index contributed by atoms with van der Waals surface area (Å²) in [6.07, 6.45) is 13.7. The Morgan fingerprint density at radius 3 is 2.51 bits per heavy atom. The Labute approximate surface area is 221 Å². The van der Waals surface area contributed by atoms with Crippen LogP contribution < -0.4 is 0 Å². The third-order valence-electron chi connectivity index (χ3n) is 8.75. The lowest BCUT2D eigenvalue weighted by Crippen LogP contribution is -2.59. The third kappa shape index (κ3) is 4.65. The summed E-state index contributed by atoms with van der Waals surface area (Å²) in [4.78, 5) is 45.7. The van der Waals surface area contributed by atoms with Crippen LogP contribution in [0.4, 0.5) is 0 Å². The Kier molecular flexibility index (Phi) is 8.48. The van der Waals surface area contributed by atoms with E-state index in [2.05, 4.69) is 6.92 Å². The second-order valence-electron chi connectivity index (χ2n) is 11.3. The number of hydrogen-bond acceptors (Lipinski definition) is 6. The molecule has 4 aliphatic rings. The van der Waals surface area contributed by atoms with Crippen molar-refractivity contribution in [3.8, 4) is 0 Å². The molecule has 2 fully saturated rings. The van der Waals surface area contributed by atoms with Gasteiger partial charge in [-0.15, -0.1) is 0 Å². The van der Waals surface area contributed by atoms with Gasteiger partial charge in [0.2, 0.25) is 11.8 Å². The number of fused-ring (bicyclic) bond motifs is 2. The van der Waals surface area contributed by atoms with Crippen LogP contribution in [0.15, 0.2) is 24.3 Å². The molecule has 1 unspecified atom stereocenters. The minimum Gasteiger partial charge on any atom is -0.465 e. The summed E-state index contributed by atoms with van der Waals surface area (Å²) in [5, 5.41) is 10.4. The highest BCUT2D eigenvalue weighted by Gasteiger charge is 2.75. The van der Waals surface area contributed by atoms with Crippen molar-refractivity contribution in [3.05, 3.63) is 24.3 Å². The molecule has 2 saturated heterocycles. The highest BCUT2D eigenvalue weighted by atomic mass is 16.6. The van der Waals surface area contributed by atoms with Crippen molar-refractivity contribution in [2.45, 2.75) is 95.9 Å². The van der Waals surface area contributed by atoms with Gasteiger partial charge in [0.1, 0.15) is 23.2 Å². The fourth-order valence-electron chi connectivity index (χ4n) is 6.76. The molecule has 4 heterocycles. The van der Waals surface area contributed by atoms with Gasteiger partial charge in [0, 0.05) is 13.1 Å². The van der Waals surface area contributed by atoms with Crippen LogP contribution in [0, 0.1) is 17.8 Å². The van der Waals surface area contributed by atoms with Crippen LogP contribution in [-0.4, -0.2) is 82.3 Å². The minimum absolute atomic E-state index is 0.0924. The highest BCUT2D eigenvalue weighted by Crippen LogP contribution is 2.58. The van der Waals surface area contributed by atoms with Crippen LogP contribution in [0.1, 0.15) is 72.6 Å². The van der Waals surface area contributed by atoms with Gasteiger partial charge >= 0.3 is 5.97 Å². The maximum absolute atomic E-state index is 14.4. The number of unbranched alkanes of at least 4 members (excludes halogenated alkanes) is 2. The number of esters is 1. The monoisotopic (exact) mass is 516 g/mol. The van der Waals surface area contributed by atoms with Crippen LogP contribution in [0.5, 0.6) is 0 Å². The Morgan fingerprint density at radius 1 is 1.05 bits per heavy atom. The molecular formula is C29H44N2O6. The zero-order valence-corrected chi connectivity index (χ0v) is 22.9. The molecule has 8 nitrogen and oxygen atoms in total. The van der Waals surface area contributed by atoms with Gasteiger partial charge in [-0.2, -0.15) is 0 Å². The molecule has 1 spiro atoms. The maximum Gasteiger partial charge on any atom is 0.313 e. The molecular weight excluding hydrogens is 472 g/mol. The summed E-state index contributed by atoms with van der Waals surface area (Å²) in [7, 11) is 0. The van der Waals surface area contributed by atoms with E-state index >= 15 is 0 Å². The molecule has 6 atom stereocenters. The Bertz CT molecular complexity index is 931. The van der Waals surface area contributed by atoms with E-state index < -0.39 is 41.1 Å². The lowest BCUT2D eigenvalue weighted by Gasteiger charge is -2.41. The molecule has 37 heavy (non-hydrogen) atoms. The summed E-state index contributed by atoms with van der Waals surface area (Å²) >= 11 is 0. The van der Waals surface area contributed by atoms with Crippen LogP contribution in [0.3, 0.4) is 0 Å². The fraction of sp³-hybridized carbons (Fsp3) is 0.759. The van der Waals surface area contributed by atoms with E-state index in [0.717, 1.165) is 38.5 Å². The van der Waals surface area contributed by atoms with Crippen LogP contribution in [0.25, 0.3) is 0 Å². The summed E-state index contributed by atoms with van der Waals surface area (Å²) < 4.78 is 12.7. The number of ether oxygens (including phenoxy) is 2. The van der Waals surface area contributed by atoms with E-state index in [-0.39, 0.29) is 24.3 Å². The molecule has 0 aromatic heterocycles. The van der Waals surface area contributed by atoms with E-state index in [1.807, 2.05) is 45.1 Å². The number of allylic oxidation sites excluding steroid dienone is 1. The number of carbonyl (C=O) groups excluding carboxylic acids is 3. The van der Waals surface area contributed by atoms with Crippen molar-refractivity contribution in [2.24, 2.45) is 17.8 Å². The number of cyclic esters (lactones) is 1. The van der Waals surface area contributed by atoms with E-state index in [1.165, 1.54) is 0 Å². The minimum atomic E-state index is -1.31. The molecule has 0 saturated carbocycles. The van der Waals surface area contributed by atoms with Crippen LogP contribution >= 0.6 is 0 Å². The van der Waals surface area contributed by atoms with Crippen LogP contribution in [0.2, 0.25) is 0 Å². The van der Waals surface area contributed by atoms with Crippen molar-refractivity contribution < 1.29 is 29.0 Å². The number of aliphatic hydroxyl groups excluding tert-OH is 1.